The van der Waals surface area contributed by atoms with Gasteiger partial charge in [0.25, 0.3) is 0 Å². The summed E-state index contributed by atoms with van der Waals surface area (Å²) in [6.45, 7) is 9.46. The minimum atomic E-state index is 0.494. The molecule has 0 aliphatic heterocycles. The number of nitrogens with zero attached hydrogens (tertiary/aromatic N) is 1. The maximum absolute atomic E-state index is 3.61. The molecule has 0 unspecified atom stereocenters. The standard InChI is InChI=1S/C17H23BrN2S/c1-4-20(12-16-6-5-9-21-16)17-10-15(18)8-7-14(17)11-19-13(2)3/h5-10,13,19H,4,11-12H2,1-3H3. The zero-order valence-corrected chi connectivity index (χ0v) is 15.3. The first-order chi connectivity index (χ1) is 10.1. The highest BCUT2D eigenvalue weighted by Crippen LogP contribution is 2.27. The fraction of sp³-hybridized carbons (Fsp3) is 0.412. The Morgan fingerprint density at radius 1 is 1.29 bits per heavy atom. The predicted octanol–water partition coefficient (Wildman–Crippen LogP) is 5.04. The van der Waals surface area contributed by atoms with Crippen LogP contribution in [0, 0.1) is 0 Å². The van der Waals surface area contributed by atoms with Crippen LogP contribution >= 0.6 is 27.3 Å². The Morgan fingerprint density at radius 2 is 2.10 bits per heavy atom. The van der Waals surface area contributed by atoms with Gasteiger partial charge in [-0.2, -0.15) is 0 Å². The highest BCUT2D eigenvalue weighted by atomic mass is 79.9. The molecule has 0 saturated heterocycles. The summed E-state index contributed by atoms with van der Waals surface area (Å²) in [5.41, 5.74) is 2.67. The Hall–Kier alpha value is -0.840. The van der Waals surface area contributed by atoms with E-state index in [0.29, 0.717) is 6.04 Å². The molecule has 0 amide bonds. The fourth-order valence-electron chi connectivity index (χ4n) is 2.25. The van der Waals surface area contributed by atoms with Crippen LogP contribution in [0.1, 0.15) is 31.2 Å². The Labute approximate surface area is 140 Å². The zero-order valence-electron chi connectivity index (χ0n) is 12.9. The molecule has 1 N–H and O–H groups in total. The first-order valence-corrected chi connectivity index (χ1v) is 9.06. The van der Waals surface area contributed by atoms with E-state index in [4.69, 9.17) is 0 Å². The van der Waals surface area contributed by atoms with E-state index in [2.05, 4.69) is 82.6 Å². The molecule has 2 aromatic rings. The van der Waals surface area contributed by atoms with E-state index in [9.17, 15) is 0 Å². The molecule has 4 heteroatoms. The average Bonchev–Trinajstić information content (AvgIpc) is 2.96. The summed E-state index contributed by atoms with van der Waals surface area (Å²) in [4.78, 5) is 3.84. The fourth-order valence-corrected chi connectivity index (χ4v) is 3.32. The molecule has 0 saturated carbocycles. The third kappa shape index (κ3) is 4.83. The number of benzene rings is 1. The summed E-state index contributed by atoms with van der Waals surface area (Å²) in [5.74, 6) is 0. The van der Waals surface area contributed by atoms with Crippen molar-refractivity contribution in [2.24, 2.45) is 0 Å². The van der Waals surface area contributed by atoms with Crippen molar-refractivity contribution >= 4 is 33.0 Å². The molecule has 1 aromatic heterocycles. The van der Waals surface area contributed by atoms with Crippen LogP contribution in [0.2, 0.25) is 0 Å². The monoisotopic (exact) mass is 366 g/mol. The first-order valence-electron chi connectivity index (χ1n) is 7.39. The number of anilines is 1. The molecule has 0 aliphatic rings. The molecule has 0 radical (unpaired) electrons. The van der Waals surface area contributed by atoms with Crippen molar-refractivity contribution in [1.82, 2.24) is 5.32 Å². The second kappa shape index (κ2) is 7.97. The molecule has 0 spiro atoms. The molecule has 0 bridgehead atoms. The van der Waals surface area contributed by atoms with Gasteiger partial charge in [0, 0.05) is 34.2 Å². The number of nitrogens with one attached hydrogen (secondary N) is 1. The van der Waals surface area contributed by atoms with E-state index < -0.39 is 0 Å². The van der Waals surface area contributed by atoms with Crippen molar-refractivity contribution < 1.29 is 0 Å². The van der Waals surface area contributed by atoms with Gasteiger partial charge in [0.2, 0.25) is 0 Å². The summed E-state index contributed by atoms with van der Waals surface area (Å²) >= 11 is 5.43. The molecule has 114 valence electrons. The van der Waals surface area contributed by atoms with E-state index in [-0.39, 0.29) is 0 Å². The smallest absolute Gasteiger partial charge is 0.0522 e. The summed E-state index contributed by atoms with van der Waals surface area (Å²) in [7, 11) is 0. The molecular formula is C17H23BrN2S. The summed E-state index contributed by atoms with van der Waals surface area (Å²) in [6.07, 6.45) is 0. The first kappa shape index (κ1) is 16.5. The number of thiophene rings is 1. The number of hydrogen-bond acceptors (Lipinski definition) is 3. The van der Waals surface area contributed by atoms with Crippen molar-refractivity contribution in [2.75, 3.05) is 11.4 Å². The van der Waals surface area contributed by atoms with Crippen LogP contribution in [-0.4, -0.2) is 12.6 Å². The molecule has 1 heterocycles. The van der Waals surface area contributed by atoms with Gasteiger partial charge in [-0.05, 0) is 36.1 Å². The van der Waals surface area contributed by atoms with Gasteiger partial charge < -0.3 is 10.2 Å². The van der Waals surface area contributed by atoms with Gasteiger partial charge in [-0.15, -0.1) is 11.3 Å². The van der Waals surface area contributed by atoms with Gasteiger partial charge >= 0.3 is 0 Å². The topological polar surface area (TPSA) is 15.3 Å². The molecule has 2 nitrogen and oxygen atoms in total. The van der Waals surface area contributed by atoms with Gasteiger partial charge in [-0.1, -0.05) is 41.9 Å². The van der Waals surface area contributed by atoms with Crippen LogP contribution in [0.4, 0.5) is 5.69 Å². The lowest BCUT2D eigenvalue weighted by Gasteiger charge is -2.26. The molecule has 0 aliphatic carbocycles. The van der Waals surface area contributed by atoms with E-state index in [1.165, 1.54) is 16.1 Å². The molecule has 2 rings (SSSR count). The van der Waals surface area contributed by atoms with Crippen molar-refractivity contribution in [3.63, 3.8) is 0 Å². The van der Waals surface area contributed by atoms with Gasteiger partial charge in [-0.25, -0.2) is 0 Å². The van der Waals surface area contributed by atoms with Crippen LogP contribution in [0.15, 0.2) is 40.2 Å². The molecule has 1 aromatic carbocycles. The number of rotatable bonds is 7. The lowest BCUT2D eigenvalue weighted by atomic mass is 10.1. The highest BCUT2D eigenvalue weighted by Gasteiger charge is 2.12. The molecule has 21 heavy (non-hydrogen) atoms. The maximum atomic E-state index is 3.61. The van der Waals surface area contributed by atoms with Crippen LogP contribution in [0.3, 0.4) is 0 Å². The number of halogens is 1. The minimum absolute atomic E-state index is 0.494. The van der Waals surface area contributed by atoms with Crippen molar-refractivity contribution in [3.8, 4) is 0 Å². The van der Waals surface area contributed by atoms with E-state index >= 15 is 0 Å². The van der Waals surface area contributed by atoms with Crippen LogP contribution in [-0.2, 0) is 13.1 Å². The molecule has 0 atom stereocenters. The van der Waals surface area contributed by atoms with E-state index in [1.54, 1.807) is 0 Å². The second-order valence-corrected chi connectivity index (χ2v) is 7.35. The molecule has 0 fully saturated rings. The summed E-state index contributed by atoms with van der Waals surface area (Å²) < 4.78 is 1.13. The zero-order chi connectivity index (χ0) is 15.2. The Kier molecular flexibility index (Phi) is 6.27. The largest absolute Gasteiger partial charge is 0.366 e. The van der Waals surface area contributed by atoms with Crippen LogP contribution < -0.4 is 10.2 Å². The van der Waals surface area contributed by atoms with Crippen molar-refractivity contribution in [2.45, 2.75) is 39.9 Å². The lowest BCUT2D eigenvalue weighted by Crippen LogP contribution is -2.26. The predicted molar refractivity (Wildman–Crippen MR) is 97.2 cm³/mol. The maximum Gasteiger partial charge on any atom is 0.0522 e. The quantitative estimate of drug-likeness (QED) is 0.738. The van der Waals surface area contributed by atoms with E-state index in [1.807, 2.05) is 11.3 Å². The Bertz CT molecular complexity index is 552. The lowest BCUT2D eigenvalue weighted by molar-refractivity contribution is 0.587. The molecular weight excluding hydrogens is 344 g/mol. The third-order valence-corrected chi connectivity index (χ3v) is 4.75. The second-order valence-electron chi connectivity index (χ2n) is 5.40. The van der Waals surface area contributed by atoms with Crippen LogP contribution in [0.5, 0.6) is 0 Å². The SMILES string of the molecule is CCN(Cc1cccs1)c1cc(Br)ccc1CNC(C)C. The highest BCUT2D eigenvalue weighted by molar-refractivity contribution is 9.10. The Morgan fingerprint density at radius 3 is 2.71 bits per heavy atom. The van der Waals surface area contributed by atoms with Gasteiger partial charge in [0.1, 0.15) is 0 Å². The normalized spacial score (nSPS) is 11.1. The van der Waals surface area contributed by atoms with Crippen molar-refractivity contribution in [3.05, 3.63) is 50.6 Å². The summed E-state index contributed by atoms with van der Waals surface area (Å²) in [6, 6.07) is 11.4. The van der Waals surface area contributed by atoms with Gasteiger partial charge in [-0.3, -0.25) is 0 Å². The van der Waals surface area contributed by atoms with Crippen molar-refractivity contribution in [1.29, 1.82) is 0 Å². The average molecular weight is 367 g/mol. The summed E-state index contributed by atoms with van der Waals surface area (Å²) in [5, 5.41) is 5.66. The Balaban J connectivity index is 2.23. The van der Waals surface area contributed by atoms with E-state index in [0.717, 1.165) is 24.1 Å². The minimum Gasteiger partial charge on any atom is -0.366 e. The van der Waals surface area contributed by atoms with Gasteiger partial charge in [0.05, 0.1) is 6.54 Å². The number of hydrogen-bond donors (Lipinski definition) is 1. The van der Waals surface area contributed by atoms with Crippen LogP contribution in [0.25, 0.3) is 0 Å². The van der Waals surface area contributed by atoms with Gasteiger partial charge in [0.15, 0.2) is 0 Å². The third-order valence-electron chi connectivity index (χ3n) is 3.40.